The first kappa shape index (κ1) is 15.1. The fourth-order valence-electron chi connectivity index (χ4n) is 2.64. The third-order valence-electron chi connectivity index (χ3n) is 3.85. The smallest absolute Gasteiger partial charge is 0.124 e. The van der Waals surface area contributed by atoms with Gasteiger partial charge in [0.1, 0.15) is 5.82 Å². The molecule has 1 aliphatic rings. The lowest BCUT2D eigenvalue weighted by atomic mass is 9.91. The largest absolute Gasteiger partial charge is 0.317 e. The summed E-state index contributed by atoms with van der Waals surface area (Å²) in [5, 5.41) is 3.92. The number of benzene rings is 1. The van der Waals surface area contributed by atoms with Gasteiger partial charge in [0.25, 0.3) is 0 Å². The zero-order valence-corrected chi connectivity index (χ0v) is 12.9. The molecule has 1 heterocycles. The third-order valence-corrected chi connectivity index (χ3v) is 5.25. The van der Waals surface area contributed by atoms with Crippen molar-refractivity contribution in [3.8, 4) is 0 Å². The molecule has 0 bridgehead atoms. The van der Waals surface area contributed by atoms with E-state index in [2.05, 4.69) is 17.1 Å². The van der Waals surface area contributed by atoms with E-state index >= 15 is 0 Å². The summed E-state index contributed by atoms with van der Waals surface area (Å²) in [5.74, 6) is 3.13. The maximum atomic E-state index is 13.0. The Hall–Kier alpha value is -0.250. The van der Waals surface area contributed by atoms with E-state index < -0.39 is 0 Å². The number of thioether (sulfide) groups is 1. The molecule has 106 valence electrons. The predicted octanol–water partition coefficient (Wildman–Crippen LogP) is 4.14. The Bertz CT molecular complexity index is 407. The van der Waals surface area contributed by atoms with Crippen LogP contribution >= 0.6 is 23.4 Å². The third kappa shape index (κ3) is 4.66. The van der Waals surface area contributed by atoms with Crippen molar-refractivity contribution in [3.05, 3.63) is 34.6 Å². The van der Waals surface area contributed by atoms with Gasteiger partial charge >= 0.3 is 0 Å². The van der Waals surface area contributed by atoms with Crippen LogP contribution in [0.5, 0.6) is 0 Å². The molecule has 1 atom stereocenters. The fraction of sp³-hybridized carbons (Fsp3) is 0.600. The molecule has 0 amide bonds. The van der Waals surface area contributed by atoms with Crippen LogP contribution in [0.25, 0.3) is 0 Å². The molecule has 2 rings (SSSR count). The van der Waals surface area contributed by atoms with Crippen LogP contribution < -0.4 is 5.32 Å². The van der Waals surface area contributed by atoms with Gasteiger partial charge in [0.2, 0.25) is 0 Å². The Morgan fingerprint density at radius 3 is 2.79 bits per heavy atom. The van der Waals surface area contributed by atoms with Gasteiger partial charge < -0.3 is 5.32 Å². The zero-order chi connectivity index (χ0) is 13.7. The first-order valence-electron chi connectivity index (χ1n) is 6.88. The number of rotatable bonds is 5. The summed E-state index contributed by atoms with van der Waals surface area (Å²) in [5.41, 5.74) is 1.03. The van der Waals surface area contributed by atoms with E-state index in [4.69, 9.17) is 11.6 Å². The van der Waals surface area contributed by atoms with E-state index in [1.165, 1.54) is 42.9 Å². The van der Waals surface area contributed by atoms with Gasteiger partial charge in [0.05, 0.1) is 0 Å². The van der Waals surface area contributed by atoms with Gasteiger partial charge in [-0.05, 0) is 67.9 Å². The molecule has 1 N–H and O–H groups in total. The average molecular weight is 302 g/mol. The lowest BCUT2D eigenvalue weighted by Crippen LogP contribution is -2.31. The maximum absolute atomic E-state index is 13.0. The van der Waals surface area contributed by atoms with Crippen LogP contribution in [0.15, 0.2) is 18.2 Å². The van der Waals surface area contributed by atoms with Gasteiger partial charge in [-0.25, -0.2) is 4.39 Å². The van der Waals surface area contributed by atoms with Crippen molar-refractivity contribution in [1.82, 2.24) is 5.32 Å². The highest BCUT2D eigenvalue weighted by Crippen LogP contribution is 2.28. The molecule has 1 fully saturated rings. The van der Waals surface area contributed by atoms with Gasteiger partial charge in [0.15, 0.2) is 0 Å². The molecule has 0 aliphatic carbocycles. The van der Waals surface area contributed by atoms with E-state index in [0.717, 1.165) is 17.9 Å². The van der Waals surface area contributed by atoms with E-state index in [9.17, 15) is 4.39 Å². The summed E-state index contributed by atoms with van der Waals surface area (Å²) in [6.45, 7) is 0. The standard InChI is InChI=1S/C15H21ClFNS/c1-18-14(8-11-4-6-19-7-5-11)9-12-2-3-13(17)10-15(12)16/h2-3,10-11,14,18H,4-9H2,1H3. The number of hydrogen-bond acceptors (Lipinski definition) is 2. The molecule has 0 radical (unpaired) electrons. The summed E-state index contributed by atoms with van der Waals surface area (Å²) in [6, 6.07) is 5.13. The molecule has 1 nitrogen and oxygen atoms in total. The van der Waals surface area contributed by atoms with Gasteiger partial charge in [-0.3, -0.25) is 0 Å². The van der Waals surface area contributed by atoms with Crippen LogP contribution in [-0.4, -0.2) is 24.6 Å². The SMILES string of the molecule is CNC(Cc1ccc(F)cc1Cl)CC1CCSCC1. The van der Waals surface area contributed by atoms with Crippen LogP contribution in [-0.2, 0) is 6.42 Å². The molecule has 1 aromatic rings. The van der Waals surface area contributed by atoms with Crippen LogP contribution in [0.3, 0.4) is 0 Å². The molecular formula is C15H21ClFNS. The second-order valence-electron chi connectivity index (χ2n) is 5.22. The molecule has 1 saturated heterocycles. The molecule has 1 aromatic carbocycles. The molecule has 19 heavy (non-hydrogen) atoms. The average Bonchev–Trinajstić information content (AvgIpc) is 2.42. The lowest BCUT2D eigenvalue weighted by Gasteiger charge is -2.26. The van der Waals surface area contributed by atoms with Crippen LogP contribution in [0.2, 0.25) is 5.02 Å². The van der Waals surface area contributed by atoms with Crippen molar-refractivity contribution in [2.24, 2.45) is 5.92 Å². The minimum Gasteiger partial charge on any atom is -0.317 e. The topological polar surface area (TPSA) is 12.0 Å². The summed E-state index contributed by atoms with van der Waals surface area (Å²) in [7, 11) is 2.00. The Labute approximate surface area is 124 Å². The maximum Gasteiger partial charge on any atom is 0.124 e. The first-order valence-corrected chi connectivity index (χ1v) is 8.41. The monoisotopic (exact) mass is 301 g/mol. The Morgan fingerprint density at radius 1 is 1.42 bits per heavy atom. The number of likely N-dealkylation sites (N-methyl/N-ethyl adjacent to an activating group) is 1. The summed E-state index contributed by atoms with van der Waals surface area (Å²) >= 11 is 8.16. The quantitative estimate of drug-likeness (QED) is 0.877. The summed E-state index contributed by atoms with van der Waals surface area (Å²) in [4.78, 5) is 0. The molecule has 0 saturated carbocycles. The first-order chi connectivity index (χ1) is 9.19. The molecule has 0 spiro atoms. The highest BCUT2D eigenvalue weighted by molar-refractivity contribution is 7.99. The second-order valence-corrected chi connectivity index (χ2v) is 6.85. The van der Waals surface area contributed by atoms with Crippen molar-refractivity contribution >= 4 is 23.4 Å². The lowest BCUT2D eigenvalue weighted by molar-refractivity contribution is 0.376. The van der Waals surface area contributed by atoms with E-state index in [0.29, 0.717) is 11.1 Å². The van der Waals surface area contributed by atoms with Crippen molar-refractivity contribution in [2.75, 3.05) is 18.6 Å². The Balaban J connectivity index is 1.94. The number of nitrogens with one attached hydrogen (secondary N) is 1. The number of halogens is 2. The summed E-state index contributed by atoms with van der Waals surface area (Å²) in [6.07, 6.45) is 4.70. The van der Waals surface area contributed by atoms with E-state index in [1.807, 2.05) is 7.05 Å². The van der Waals surface area contributed by atoms with Crippen molar-refractivity contribution in [1.29, 1.82) is 0 Å². The van der Waals surface area contributed by atoms with Gasteiger partial charge in [-0.2, -0.15) is 11.8 Å². The highest BCUT2D eigenvalue weighted by Gasteiger charge is 2.19. The summed E-state index contributed by atoms with van der Waals surface area (Å²) < 4.78 is 13.0. The minimum absolute atomic E-state index is 0.265. The van der Waals surface area contributed by atoms with Crippen molar-refractivity contribution < 1.29 is 4.39 Å². The highest BCUT2D eigenvalue weighted by atomic mass is 35.5. The Kier molecular flexibility index (Phi) is 5.99. The zero-order valence-electron chi connectivity index (χ0n) is 11.3. The Morgan fingerprint density at radius 2 is 2.16 bits per heavy atom. The van der Waals surface area contributed by atoms with E-state index in [-0.39, 0.29) is 5.82 Å². The number of hydrogen-bond donors (Lipinski definition) is 1. The minimum atomic E-state index is -0.265. The fourth-order valence-corrected chi connectivity index (χ4v) is 4.09. The predicted molar refractivity (Wildman–Crippen MR) is 82.6 cm³/mol. The van der Waals surface area contributed by atoms with Crippen molar-refractivity contribution in [3.63, 3.8) is 0 Å². The molecule has 1 unspecified atom stereocenters. The van der Waals surface area contributed by atoms with E-state index in [1.54, 1.807) is 6.07 Å². The molecule has 0 aromatic heterocycles. The molecule has 4 heteroatoms. The second kappa shape index (κ2) is 7.51. The normalized spacial score (nSPS) is 18.5. The van der Waals surface area contributed by atoms with Crippen LogP contribution in [0, 0.1) is 11.7 Å². The molecule has 1 aliphatic heterocycles. The van der Waals surface area contributed by atoms with Gasteiger partial charge in [-0.15, -0.1) is 0 Å². The van der Waals surface area contributed by atoms with Crippen molar-refractivity contribution in [2.45, 2.75) is 31.7 Å². The van der Waals surface area contributed by atoms with Crippen LogP contribution in [0.4, 0.5) is 4.39 Å². The van der Waals surface area contributed by atoms with Gasteiger partial charge in [-0.1, -0.05) is 17.7 Å². The van der Waals surface area contributed by atoms with Crippen LogP contribution in [0.1, 0.15) is 24.8 Å². The van der Waals surface area contributed by atoms with Gasteiger partial charge in [0, 0.05) is 11.1 Å². The molecular weight excluding hydrogens is 281 g/mol.